The van der Waals surface area contributed by atoms with Crippen molar-refractivity contribution in [2.24, 2.45) is 0 Å². The number of benzene rings is 1. The minimum absolute atomic E-state index is 0.200. The summed E-state index contributed by atoms with van der Waals surface area (Å²) in [5.41, 5.74) is 0.0412. The molecule has 0 unspecified atom stereocenters. The number of nitrogens with zero attached hydrogens (tertiary/aromatic N) is 3. The van der Waals surface area contributed by atoms with Crippen LogP contribution in [0, 0.1) is 11.3 Å². The molecule has 0 bridgehead atoms. The summed E-state index contributed by atoms with van der Waals surface area (Å²) in [6.07, 6.45) is 5.39. The number of carbonyl (C=O) groups excluding carboxylic acids is 1. The van der Waals surface area contributed by atoms with E-state index >= 15 is 0 Å². The van der Waals surface area contributed by atoms with Gasteiger partial charge in [0.25, 0.3) is 0 Å². The van der Waals surface area contributed by atoms with Crippen LogP contribution < -0.4 is 0 Å². The van der Waals surface area contributed by atoms with Gasteiger partial charge in [-0.05, 0) is 43.0 Å². The first-order chi connectivity index (χ1) is 11.2. The molecule has 0 radical (unpaired) electrons. The van der Waals surface area contributed by atoms with Crippen LogP contribution in [0.3, 0.4) is 0 Å². The van der Waals surface area contributed by atoms with Crippen LogP contribution in [0.2, 0.25) is 0 Å². The molecular weight excluding hydrogens is 326 g/mol. The number of hydrogen-bond acceptors (Lipinski definition) is 4. The molecule has 1 aromatic rings. The van der Waals surface area contributed by atoms with Gasteiger partial charge in [0.1, 0.15) is 5.54 Å². The molecule has 1 aliphatic rings. The third kappa shape index (κ3) is 3.35. The monoisotopic (exact) mass is 347 g/mol. The number of hydrogen-bond donors (Lipinski definition) is 0. The Morgan fingerprint density at radius 1 is 1.21 bits per heavy atom. The average molecular weight is 347 g/mol. The molecule has 0 heterocycles. The second kappa shape index (κ2) is 6.75. The summed E-state index contributed by atoms with van der Waals surface area (Å²) in [5.74, 6) is -0.235. The van der Waals surface area contributed by atoms with E-state index < -0.39 is 15.6 Å². The predicted octanol–water partition coefficient (Wildman–Crippen LogP) is 1.85. The van der Waals surface area contributed by atoms with Crippen LogP contribution in [-0.4, -0.2) is 50.2 Å². The van der Waals surface area contributed by atoms with Crippen LogP contribution in [0.15, 0.2) is 35.2 Å². The number of rotatable bonds is 5. The van der Waals surface area contributed by atoms with Gasteiger partial charge in [-0.3, -0.25) is 4.79 Å². The Morgan fingerprint density at radius 3 is 2.21 bits per heavy atom. The van der Waals surface area contributed by atoms with Crippen LogP contribution in [0.25, 0.3) is 6.08 Å². The second-order valence-corrected chi connectivity index (χ2v) is 8.24. The summed E-state index contributed by atoms with van der Waals surface area (Å²) >= 11 is 0. The predicted molar refractivity (Wildman–Crippen MR) is 91.3 cm³/mol. The van der Waals surface area contributed by atoms with Gasteiger partial charge in [0.2, 0.25) is 15.9 Å². The maximum Gasteiger partial charge on any atom is 0.247 e. The zero-order valence-electron chi connectivity index (χ0n) is 14.1. The third-order valence-electron chi connectivity index (χ3n) is 4.44. The van der Waals surface area contributed by atoms with E-state index in [4.69, 9.17) is 0 Å². The molecule has 1 fully saturated rings. The van der Waals surface area contributed by atoms with E-state index in [0.717, 1.165) is 10.7 Å². The van der Waals surface area contributed by atoms with E-state index in [9.17, 15) is 18.5 Å². The van der Waals surface area contributed by atoms with Gasteiger partial charge in [-0.2, -0.15) is 5.26 Å². The summed E-state index contributed by atoms with van der Waals surface area (Å²) in [6, 6.07) is 8.52. The Bertz CT molecular complexity index is 785. The molecule has 0 N–H and O–H groups in total. The minimum Gasteiger partial charge on any atom is -0.323 e. The molecule has 0 spiro atoms. The van der Waals surface area contributed by atoms with E-state index in [-0.39, 0.29) is 10.8 Å². The van der Waals surface area contributed by atoms with Gasteiger partial charge >= 0.3 is 0 Å². The van der Waals surface area contributed by atoms with Crippen molar-refractivity contribution >= 4 is 22.0 Å². The van der Waals surface area contributed by atoms with Gasteiger partial charge < -0.3 is 4.90 Å². The van der Waals surface area contributed by atoms with Crippen molar-refractivity contribution in [3.05, 3.63) is 35.9 Å². The smallest absolute Gasteiger partial charge is 0.247 e. The van der Waals surface area contributed by atoms with E-state index in [1.54, 1.807) is 25.3 Å². The fraction of sp³-hybridized carbons (Fsp3) is 0.412. The molecule has 2 rings (SSSR count). The highest BCUT2D eigenvalue weighted by molar-refractivity contribution is 7.89. The van der Waals surface area contributed by atoms with Gasteiger partial charge in [-0.15, -0.1) is 0 Å². The lowest BCUT2D eigenvalue weighted by atomic mass is 9.76. The van der Waals surface area contributed by atoms with Gasteiger partial charge in [-0.25, -0.2) is 12.7 Å². The standard InChI is InChI=1S/C17H21N3O3S/c1-19(2)24(22,23)15-8-5-14(6-9-15)7-10-16(21)20(3)17(13-18)11-4-12-17/h5-10H,4,11-12H2,1-3H3/b10-7+. The van der Waals surface area contributed by atoms with Crippen molar-refractivity contribution in [3.8, 4) is 6.07 Å². The van der Waals surface area contributed by atoms with Crippen LogP contribution in [-0.2, 0) is 14.8 Å². The molecule has 0 saturated heterocycles. The molecule has 6 nitrogen and oxygen atoms in total. The van der Waals surface area contributed by atoms with Gasteiger partial charge in [-0.1, -0.05) is 12.1 Å². The first-order valence-corrected chi connectivity index (χ1v) is 9.07. The third-order valence-corrected chi connectivity index (χ3v) is 6.27. The zero-order chi connectivity index (χ0) is 18.0. The molecule has 1 aromatic carbocycles. The van der Waals surface area contributed by atoms with Crippen molar-refractivity contribution in [1.29, 1.82) is 5.26 Å². The van der Waals surface area contributed by atoms with Gasteiger partial charge in [0.15, 0.2) is 0 Å². The molecule has 128 valence electrons. The van der Waals surface area contributed by atoms with E-state index in [0.29, 0.717) is 18.4 Å². The normalized spacial score (nSPS) is 16.6. The first kappa shape index (κ1) is 18.2. The van der Waals surface area contributed by atoms with Gasteiger partial charge in [0, 0.05) is 27.2 Å². The Hall–Kier alpha value is -2.17. The molecule has 1 saturated carbocycles. The quantitative estimate of drug-likeness (QED) is 0.761. The maximum atomic E-state index is 12.2. The highest BCUT2D eigenvalue weighted by Crippen LogP contribution is 2.36. The van der Waals surface area contributed by atoms with E-state index in [1.807, 2.05) is 0 Å². The summed E-state index contributed by atoms with van der Waals surface area (Å²) in [6.45, 7) is 0. The van der Waals surface area contributed by atoms with E-state index in [2.05, 4.69) is 6.07 Å². The summed E-state index contributed by atoms with van der Waals surface area (Å²) in [4.78, 5) is 13.9. The Morgan fingerprint density at radius 2 is 1.79 bits per heavy atom. The van der Waals surface area contributed by atoms with Gasteiger partial charge in [0.05, 0.1) is 11.0 Å². The second-order valence-electron chi connectivity index (χ2n) is 6.08. The topological polar surface area (TPSA) is 81.5 Å². The molecule has 0 aromatic heterocycles. The largest absolute Gasteiger partial charge is 0.323 e. The Kier molecular flexibility index (Phi) is 5.11. The number of sulfonamides is 1. The minimum atomic E-state index is -3.46. The SMILES string of the molecule is CN(C(=O)/C=C/c1ccc(S(=O)(=O)N(C)C)cc1)C1(C#N)CCC1. The number of likely N-dealkylation sites (N-methyl/N-ethyl adjacent to an activating group) is 1. The molecule has 24 heavy (non-hydrogen) atoms. The van der Waals surface area contributed by atoms with Crippen molar-refractivity contribution in [3.63, 3.8) is 0 Å². The summed E-state index contributed by atoms with van der Waals surface area (Å²) < 4.78 is 25.1. The zero-order valence-corrected chi connectivity index (χ0v) is 14.9. The van der Waals surface area contributed by atoms with Crippen LogP contribution >= 0.6 is 0 Å². The highest BCUT2D eigenvalue weighted by atomic mass is 32.2. The van der Waals surface area contributed by atoms with Crippen molar-refractivity contribution < 1.29 is 13.2 Å². The van der Waals surface area contributed by atoms with Crippen LogP contribution in [0.5, 0.6) is 0 Å². The number of nitriles is 1. The average Bonchev–Trinajstić information content (AvgIpc) is 2.52. The summed E-state index contributed by atoms with van der Waals surface area (Å²) in [7, 11) is 1.13. The number of carbonyl (C=O) groups is 1. The molecule has 1 aliphatic carbocycles. The fourth-order valence-corrected chi connectivity index (χ4v) is 3.39. The van der Waals surface area contributed by atoms with E-state index in [1.165, 1.54) is 37.2 Å². The molecule has 7 heteroatoms. The number of amides is 1. The first-order valence-electron chi connectivity index (χ1n) is 7.63. The lowest BCUT2D eigenvalue weighted by Crippen LogP contribution is -2.52. The fourth-order valence-electron chi connectivity index (χ4n) is 2.49. The molecule has 0 atom stereocenters. The Labute approximate surface area is 143 Å². The van der Waals surface area contributed by atoms with Crippen molar-refractivity contribution in [2.45, 2.75) is 29.7 Å². The summed E-state index contributed by atoms with van der Waals surface area (Å²) in [5, 5.41) is 9.26. The van der Waals surface area contributed by atoms with Crippen LogP contribution in [0.1, 0.15) is 24.8 Å². The van der Waals surface area contributed by atoms with Crippen molar-refractivity contribution in [1.82, 2.24) is 9.21 Å². The van der Waals surface area contributed by atoms with Crippen LogP contribution in [0.4, 0.5) is 0 Å². The maximum absolute atomic E-state index is 12.2. The highest BCUT2D eigenvalue weighted by Gasteiger charge is 2.42. The molecule has 0 aliphatic heterocycles. The lowest BCUT2D eigenvalue weighted by Gasteiger charge is -2.42. The Balaban J connectivity index is 2.10. The molecular formula is C17H21N3O3S. The molecule has 1 amide bonds. The van der Waals surface area contributed by atoms with Crippen molar-refractivity contribution in [2.75, 3.05) is 21.1 Å². The lowest BCUT2D eigenvalue weighted by molar-refractivity contribution is -0.130.